The molecule has 1 N–H and O–H groups in total. The van der Waals surface area contributed by atoms with Crippen molar-refractivity contribution >= 4 is 5.69 Å². The number of nitrogens with one attached hydrogen (secondary N) is 1. The molecule has 0 atom stereocenters. The Hall–Kier alpha value is -3.06. The predicted octanol–water partition coefficient (Wildman–Crippen LogP) is 3.36. The minimum Gasteiger partial charge on any atom is -0.381 e. The molecule has 0 fully saturated rings. The average Bonchev–Trinajstić information content (AvgIpc) is 3.08. The van der Waals surface area contributed by atoms with Crippen LogP contribution >= 0.6 is 0 Å². The smallest absolute Gasteiger partial charge is 0.0991 e. The fourth-order valence-corrected chi connectivity index (χ4v) is 2.13. The molecule has 102 valence electrons. The summed E-state index contributed by atoms with van der Waals surface area (Å²) in [5.74, 6) is 0. The lowest BCUT2D eigenvalue weighted by atomic mass is 10.1. The summed E-state index contributed by atoms with van der Waals surface area (Å²) in [6, 6.07) is 19.7. The second-order valence-corrected chi connectivity index (χ2v) is 4.67. The monoisotopic (exact) mass is 274 g/mol. The molecular formula is C17H14N4. The van der Waals surface area contributed by atoms with Gasteiger partial charge in [-0.3, -0.25) is 0 Å². The summed E-state index contributed by atoms with van der Waals surface area (Å²) < 4.78 is 1.82. The first-order valence-corrected chi connectivity index (χ1v) is 6.68. The molecule has 3 rings (SSSR count). The zero-order valence-corrected chi connectivity index (χ0v) is 11.4. The molecule has 0 unspecified atom stereocenters. The first-order chi connectivity index (χ1) is 10.3. The number of aromatic nitrogens is 2. The number of anilines is 1. The van der Waals surface area contributed by atoms with Crippen molar-refractivity contribution in [3.05, 3.63) is 78.1 Å². The molecule has 4 nitrogen and oxygen atoms in total. The van der Waals surface area contributed by atoms with E-state index in [9.17, 15) is 0 Å². The molecule has 0 aliphatic heterocycles. The van der Waals surface area contributed by atoms with Crippen LogP contribution in [0.5, 0.6) is 0 Å². The van der Waals surface area contributed by atoms with Crippen LogP contribution in [0.3, 0.4) is 0 Å². The van der Waals surface area contributed by atoms with Crippen molar-refractivity contribution in [1.82, 2.24) is 9.78 Å². The third kappa shape index (κ3) is 3.10. The van der Waals surface area contributed by atoms with E-state index in [4.69, 9.17) is 5.26 Å². The maximum absolute atomic E-state index is 8.91. The lowest BCUT2D eigenvalue weighted by Gasteiger charge is -2.09. The SMILES string of the molecule is N#Cc1cccc(CNc2cccc(-n3cccn3)c2)c1. The number of benzene rings is 2. The van der Waals surface area contributed by atoms with Gasteiger partial charge in [0, 0.05) is 24.6 Å². The van der Waals surface area contributed by atoms with Gasteiger partial charge in [0.05, 0.1) is 17.3 Å². The van der Waals surface area contributed by atoms with Crippen LogP contribution in [-0.2, 0) is 6.54 Å². The summed E-state index contributed by atoms with van der Waals surface area (Å²) in [5.41, 5.74) is 3.79. The summed E-state index contributed by atoms with van der Waals surface area (Å²) in [5, 5.41) is 16.5. The lowest BCUT2D eigenvalue weighted by Crippen LogP contribution is -2.01. The Bertz CT molecular complexity index is 769. The van der Waals surface area contributed by atoms with Gasteiger partial charge in [-0.1, -0.05) is 18.2 Å². The topological polar surface area (TPSA) is 53.6 Å². The second-order valence-electron chi connectivity index (χ2n) is 4.67. The van der Waals surface area contributed by atoms with Gasteiger partial charge in [0.15, 0.2) is 0 Å². The van der Waals surface area contributed by atoms with E-state index in [0.29, 0.717) is 12.1 Å². The molecule has 0 saturated heterocycles. The van der Waals surface area contributed by atoms with Gasteiger partial charge in [-0.25, -0.2) is 4.68 Å². The molecule has 21 heavy (non-hydrogen) atoms. The Morgan fingerprint density at radius 1 is 1.10 bits per heavy atom. The van der Waals surface area contributed by atoms with Gasteiger partial charge in [-0.2, -0.15) is 10.4 Å². The lowest BCUT2D eigenvalue weighted by molar-refractivity contribution is 0.880. The Kier molecular flexibility index (Phi) is 3.66. The van der Waals surface area contributed by atoms with Crippen molar-refractivity contribution in [3.63, 3.8) is 0 Å². The highest BCUT2D eigenvalue weighted by atomic mass is 15.3. The number of nitrogens with zero attached hydrogens (tertiary/aromatic N) is 3. The summed E-state index contributed by atoms with van der Waals surface area (Å²) >= 11 is 0. The zero-order chi connectivity index (χ0) is 14.5. The predicted molar refractivity (Wildman–Crippen MR) is 82.0 cm³/mol. The van der Waals surface area contributed by atoms with Gasteiger partial charge in [0.25, 0.3) is 0 Å². The molecule has 0 amide bonds. The van der Waals surface area contributed by atoms with Crippen LogP contribution in [0.15, 0.2) is 67.0 Å². The van der Waals surface area contributed by atoms with E-state index in [1.54, 1.807) is 6.20 Å². The average molecular weight is 274 g/mol. The van der Waals surface area contributed by atoms with Crippen molar-refractivity contribution in [2.75, 3.05) is 5.32 Å². The first-order valence-electron chi connectivity index (χ1n) is 6.68. The van der Waals surface area contributed by atoms with Crippen molar-refractivity contribution in [3.8, 4) is 11.8 Å². The van der Waals surface area contributed by atoms with Gasteiger partial charge in [0.2, 0.25) is 0 Å². The molecule has 0 bridgehead atoms. The summed E-state index contributed by atoms with van der Waals surface area (Å²) in [6.45, 7) is 0.679. The quantitative estimate of drug-likeness (QED) is 0.793. The summed E-state index contributed by atoms with van der Waals surface area (Å²) in [4.78, 5) is 0. The molecule has 1 heterocycles. The van der Waals surface area contributed by atoms with E-state index in [0.717, 1.165) is 16.9 Å². The van der Waals surface area contributed by atoms with Crippen molar-refractivity contribution < 1.29 is 0 Å². The first kappa shape index (κ1) is 12.9. The van der Waals surface area contributed by atoms with E-state index in [1.807, 2.05) is 65.5 Å². The van der Waals surface area contributed by atoms with Crippen molar-refractivity contribution in [1.29, 1.82) is 5.26 Å². The Balaban J connectivity index is 1.73. The third-order valence-electron chi connectivity index (χ3n) is 3.17. The van der Waals surface area contributed by atoms with E-state index >= 15 is 0 Å². The summed E-state index contributed by atoms with van der Waals surface area (Å²) in [7, 11) is 0. The van der Waals surface area contributed by atoms with Gasteiger partial charge in [-0.05, 0) is 42.0 Å². The molecular weight excluding hydrogens is 260 g/mol. The van der Waals surface area contributed by atoms with Gasteiger partial charge < -0.3 is 5.32 Å². The second kappa shape index (κ2) is 5.93. The van der Waals surface area contributed by atoms with Crippen LogP contribution in [-0.4, -0.2) is 9.78 Å². The third-order valence-corrected chi connectivity index (χ3v) is 3.17. The van der Waals surface area contributed by atoms with Crippen LogP contribution in [0, 0.1) is 11.3 Å². The molecule has 2 aromatic carbocycles. The highest BCUT2D eigenvalue weighted by Gasteiger charge is 1.99. The largest absolute Gasteiger partial charge is 0.381 e. The van der Waals surface area contributed by atoms with E-state index < -0.39 is 0 Å². The minimum atomic E-state index is 0.679. The van der Waals surface area contributed by atoms with Crippen LogP contribution < -0.4 is 5.32 Å². The molecule has 0 radical (unpaired) electrons. The Labute approximate surface area is 123 Å². The number of hydrogen-bond acceptors (Lipinski definition) is 3. The van der Waals surface area contributed by atoms with Crippen molar-refractivity contribution in [2.45, 2.75) is 6.54 Å². The normalized spacial score (nSPS) is 10.0. The standard InChI is InChI=1S/C17H14N4/c18-12-14-4-1-5-15(10-14)13-19-16-6-2-7-17(11-16)21-9-3-8-20-21/h1-11,19H,13H2. The van der Waals surface area contributed by atoms with E-state index in [1.165, 1.54) is 0 Å². The summed E-state index contributed by atoms with van der Waals surface area (Å²) in [6.07, 6.45) is 3.67. The number of hydrogen-bond donors (Lipinski definition) is 1. The fourth-order valence-electron chi connectivity index (χ4n) is 2.13. The van der Waals surface area contributed by atoms with E-state index in [-0.39, 0.29) is 0 Å². The maximum Gasteiger partial charge on any atom is 0.0991 e. The molecule has 0 aliphatic carbocycles. The van der Waals surface area contributed by atoms with Crippen LogP contribution in [0.4, 0.5) is 5.69 Å². The molecule has 1 aromatic heterocycles. The molecule has 0 aliphatic rings. The molecule has 4 heteroatoms. The molecule has 0 saturated carbocycles. The van der Waals surface area contributed by atoms with Gasteiger partial charge in [0.1, 0.15) is 0 Å². The van der Waals surface area contributed by atoms with Gasteiger partial charge in [-0.15, -0.1) is 0 Å². The molecule has 3 aromatic rings. The van der Waals surface area contributed by atoms with Gasteiger partial charge >= 0.3 is 0 Å². The maximum atomic E-state index is 8.91. The Morgan fingerprint density at radius 2 is 2.00 bits per heavy atom. The number of nitriles is 1. The van der Waals surface area contributed by atoms with Crippen LogP contribution in [0.1, 0.15) is 11.1 Å². The van der Waals surface area contributed by atoms with Crippen molar-refractivity contribution in [2.24, 2.45) is 0 Å². The fraction of sp³-hybridized carbons (Fsp3) is 0.0588. The van der Waals surface area contributed by atoms with Crippen LogP contribution in [0.2, 0.25) is 0 Å². The highest BCUT2D eigenvalue weighted by molar-refractivity contribution is 5.51. The number of rotatable bonds is 4. The van der Waals surface area contributed by atoms with E-state index in [2.05, 4.69) is 16.5 Å². The minimum absolute atomic E-state index is 0.679. The highest BCUT2D eigenvalue weighted by Crippen LogP contribution is 2.15. The Morgan fingerprint density at radius 3 is 2.81 bits per heavy atom. The molecule has 0 spiro atoms. The zero-order valence-electron chi connectivity index (χ0n) is 11.4. The van der Waals surface area contributed by atoms with Crippen LogP contribution in [0.25, 0.3) is 5.69 Å².